The lowest BCUT2D eigenvalue weighted by atomic mass is 10.2. The first-order valence-corrected chi connectivity index (χ1v) is 12.5. The van der Waals surface area contributed by atoms with Crippen molar-refractivity contribution in [3.05, 3.63) is 52.1 Å². The van der Waals surface area contributed by atoms with E-state index in [1.165, 1.54) is 11.9 Å². The predicted molar refractivity (Wildman–Crippen MR) is 132 cm³/mol. The van der Waals surface area contributed by atoms with Gasteiger partial charge in [0.25, 0.3) is 5.56 Å². The first-order valence-electron chi connectivity index (χ1n) is 11.1. The molecule has 2 aromatic heterocycles. The van der Waals surface area contributed by atoms with E-state index in [9.17, 15) is 9.59 Å². The maximum absolute atomic E-state index is 11.9. The average molecular weight is 493 g/mol. The van der Waals surface area contributed by atoms with Crippen molar-refractivity contribution < 1.29 is 18.8 Å². The molecule has 0 radical (unpaired) electrons. The van der Waals surface area contributed by atoms with Crippen LogP contribution in [0.4, 0.5) is 5.95 Å². The van der Waals surface area contributed by atoms with Crippen LogP contribution in [0.1, 0.15) is 31.9 Å². The van der Waals surface area contributed by atoms with Gasteiger partial charge in [-0.15, -0.1) is 0 Å². The molecule has 0 fully saturated rings. The van der Waals surface area contributed by atoms with Crippen LogP contribution in [0, 0.1) is 6.92 Å². The Bertz CT molecular complexity index is 1090. The lowest BCUT2D eigenvalue weighted by Gasteiger charge is -2.19. The maximum Gasteiger partial charge on any atom is 0.320 e. The molecule has 0 saturated carbocycles. The highest BCUT2D eigenvalue weighted by atomic mass is 31.2. The van der Waals surface area contributed by atoms with Gasteiger partial charge >= 0.3 is 5.97 Å². The van der Waals surface area contributed by atoms with E-state index in [0.717, 1.165) is 5.56 Å². The molecule has 0 aliphatic heterocycles. The number of imidazole rings is 1. The third-order valence-electron chi connectivity index (χ3n) is 4.39. The summed E-state index contributed by atoms with van der Waals surface area (Å²) in [6.45, 7) is 9.28. The van der Waals surface area contributed by atoms with Crippen LogP contribution in [-0.4, -0.2) is 51.6 Å². The normalized spacial score (nSPS) is 11.6. The molecule has 0 aliphatic rings. The number of H-pyrrole nitrogens is 1. The minimum Gasteiger partial charge on any atom is -0.465 e. The van der Waals surface area contributed by atoms with Crippen LogP contribution in [-0.2, 0) is 31.9 Å². The molecule has 1 atom stereocenters. The van der Waals surface area contributed by atoms with Crippen LogP contribution in [0.5, 0.6) is 0 Å². The van der Waals surface area contributed by atoms with Crippen LogP contribution in [0.2, 0.25) is 0 Å². The highest BCUT2D eigenvalue weighted by molar-refractivity contribution is 7.50. The molecule has 3 rings (SSSR count). The molecule has 0 amide bonds. The molecule has 3 aromatic rings. The first-order chi connectivity index (χ1) is 16.5. The Labute approximate surface area is 199 Å². The Balaban J connectivity index is 0.00000199. The van der Waals surface area contributed by atoms with Gasteiger partial charge in [-0.2, -0.15) is 4.98 Å². The van der Waals surface area contributed by atoms with Gasteiger partial charge in [0, 0.05) is 6.54 Å². The zero-order chi connectivity index (χ0) is 24.9. The Hall–Kier alpha value is -2.85. The zero-order valence-electron chi connectivity index (χ0n) is 20.0. The lowest BCUT2D eigenvalue weighted by molar-refractivity contribution is -0.141. The number of hydrogen-bond donors (Lipinski definition) is 3. The van der Waals surface area contributed by atoms with E-state index in [1.807, 2.05) is 45.0 Å². The van der Waals surface area contributed by atoms with E-state index < -0.39 is 8.30 Å². The molecule has 1 unspecified atom stereocenters. The largest absolute Gasteiger partial charge is 0.465 e. The average Bonchev–Trinajstić information content (AvgIpc) is 3.23. The maximum atomic E-state index is 11.9. The van der Waals surface area contributed by atoms with Gasteiger partial charge in [0.15, 0.2) is 11.2 Å². The minimum atomic E-state index is -1.24. The van der Waals surface area contributed by atoms with Crippen LogP contribution < -0.4 is 16.4 Å². The summed E-state index contributed by atoms with van der Waals surface area (Å²) in [5.41, 5.74) is 8.05. The van der Waals surface area contributed by atoms with E-state index in [2.05, 4.69) is 20.0 Å². The molecule has 0 saturated heterocycles. The predicted octanol–water partition coefficient (Wildman–Crippen LogP) is 2.69. The Kier molecular flexibility index (Phi) is 11.6. The van der Waals surface area contributed by atoms with Crippen molar-refractivity contribution in [1.82, 2.24) is 24.6 Å². The highest BCUT2D eigenvalue weighted by Crippen LogP contribution is 2.33. The minimum absolute atomic E-state index is 0.0290. The van der Waals surface area contributed by atoms with Crippen molar-refractivity contribution in [2.24, 2.45) is 0 Å². The van der Waals surface area contributed by atoms with Crippen molar-refractivity contribution >= 4 is 31.4 Å². The van der Waals surface area contributed by atoms with E-state index in [1.54, 1.807) is 11.5 Å². The topological polar surface area (TPSA) is 146 Å². The number of carbonyl (C=O) groups is 1. The molecule has 12 heteroatoms. The van der Waals surface area contributed by atoms with Gasteiger partial charge in [-0.1, -0.05) is 43.7 Å². The van der Waals surface area contributed by atoms with Gasteiger partial charge in [-0.05, 0) is 19.4 Å². The van der Waals surface area contributed by atoms with Gasteiger partial charge in [0.05, 0.1) is 32.7 Å². The van der Waals surface area contributed by atoms with Crippen LogP contribution >= 0.6 is 8.30 Å². The fourth-order valence-electron chi connectivity index (χ4n) is 2.77. The molecule has 186 valence electrons. The third kappa shape index (κ3) is 8.49. The Morgan fingerprint density at radius 3 is 2.71 bits per heavy atom. The number of anilines is 1. The lowest BCUT2D eigenvalue weighted by Crippen LogP contribution is -2.23. The molecule has 0 spiro atoms. The fourth-order valence-corrected chi connectivity index (χ4v) is 3.94. The molecule has 11 nitrogen and oxygen atoms in total. The van der Waals surface area contributed by atoms with Crippen molar-refractivity contribution in [1.29, 1.82) is 0 Å². The summed E-state index contributed by atoms with van der Waals surface area (Å²) in [6.07, 6.45) is 1.79. The monoisotopic (exact) mass is 492 g/mol. The number of aromatic amines is 1. The number of ether oxygens (including phenoxy) is 2. The highest BCUT2D eigenvalue weighted by Gasteiger charge is 2.14. The number of carbonyl (C=O) groups excluding carboxylic acids is 1. The standard InChI is InChI=1S/C20H27N6O5P.C2H6/c1-3-30-16(27)10-23-32(31-11-15-6-4-14(2)5-7-15)13-29-9-8-26-12-22-17-18(26)24-20(21)25-19(17)28;1-2/h4-7,12,23H,3,8-11,13H2,1-2H3,(H3,21,24,25,28);1-2H3. The van der Waals surface area contributed by atoms with E-state index in [4.69, 9.17) is 19.7 Å². The summed E-state index contributed by atoms with van der Waals surface area (Å²) >= 11 is 0. The number of esters is 1. The number of fused-ring (bicyclic) bond motifs is 1. The fraction of sp³-hybridized carbons (Fsp3) is 0.455. The van der Waals surface area contributed by atoms with E-state index in [-0.39, 0.29) is 35.9 Å². The zero-order valence-corrected chi connectivity index (χ0v) is 20.9. The summed E-state index contributed by atoms with van der Waals surface area (Å²) < 4.78 is 18.4. The van der Waals surface area contributed by atoms with Crippen LogP contribution in [0.3, 0.4) is 0 Å². The molecule has 0 bridgehead atoms. The number of rotatable bonds is 12. The summed E-state index contributed by atoms with van der Waals surface area (Å²) in [7, 11) is -1.24. The smallest absolute Gasteiger partial charge is 0.320 e. The summed E-state index contributed by atoms with van der Waals surface area (Å²) in [4.78, 5) is 34.2. The van der Waals surface area contributed by atoms with Crippen LogP contribution in [0.15, 0.2) is 35.4 Å². The van der Waals surface area contributed by atoms with Gasteiger partial charge < -0.3 is 24.3 Å². The van der Waals surface area contributed by atoms with E-state index in [0.29, 0.717) is 32.0 Å². The second kappa shape index (κ2) is 14.4. The van der Waals surface area contributed by atoms with Gasteiger partial charge in [0.1, 0.15) is 14.6 Å². The van der Waals surface area contributed by atoms with Crippen molar-refractivity contribution in [3.8, 4) is 0 Å². The molecule has 34 heavy (non-hydrogen) atoms. The summed E-state index contributed by atoms with van der Waals surface area (Å²) in [5.74, 6) is -0.320. The number of hydrogen-bond acceptors (Lipinski definition) is 9. The SMILES string of the molecule is CC.CCOC(=O)CNP(COCCn1cnc2c(=O)[nH]c(N)nc21)OCc1ccc(C)cc1. The second-order valence-electron chi connectivity index (χ2n) is 6.88. The first kappa shape index (κ1) is 27.4. The number of aromatic nitrogens is 4. The molecule has 1 aromatic carbocycles. The number of nitrogens with one attached hydrogen (secondary N) is 2. The molecule has 0 aliphatic carbocycles. The van der Waals surface area contributed by atoms with Gasteiger partial charge in [0.2, 0.25) is 5.95 Å². The van der Waals surface area contributed by atoms with Crippen LogP contribution in [0.25, 0.3) is 11.2 Å². The Morgan fingerprint density at radius 1 is 1.26 bits per heavy atom. The van der Waals surface area contributed by atoms with Crippen molar-refractivity contribution in [3.63, 3.8) is 0 Å². The molecular formula is C22H33N6O5P. The number of aryl methyl sites for hydroxylation is 1. The van der Waals surface area contributed by atoms with Gasteiger partial charge in [-0.25, -0.2) is 4.98 Å². The molecule has 2 heterocycles. The molecular weight excluding hydrogens is 459 g/mol. The molecule has 4 N–H and O–H groups in total. The van der Waals surface area contributed by atoms with Gasteiger partial charge in [-0.3, -0.25) is 19.7 Å². The summed E-state index contributed by atoms with van der Waals surface area (Å²) in [5, 5.41) is 3.07. The second-order valence-corrected chi connectivity index (χ2v) is 8.47. The number of nitrogens with two attached hydrogens (primary N) is 1. The number of benzene rings is 1. The third-order valence-corrected chi connectivity index (χ3v) is 5.76. The van der Waals surface area contributed by atoms with Crippen molar-refractivity contribution in [2.45, 2.75) is 40.8 Å². The number of nitrogen functional groups attached to an aromatic ring is 1. The Morgan fingerprint density at radius 2 is 2.00 bits per heavy atom. The quantitative estimate of drug-likeness (QED) is 0.197. The number of nitrogens with zero attached hydrogens (tertiary/aromatic N) is 3. The van der Waals surface area contributed by atoms with Crippen molar-refractivity contribution in [2.75, 3.05) is 31.8 Å². The van der Waals surface area contributed by atoms with E-state index >= 15 is 0 Å². The summed E-state index contributed by atoms with van der Waals surface area (Å²) in [6, 6.07) is 8.04.